The Morgan fingerprint density at radius 1 is 1.67 bits per heavy atom. The molecule has 1 aromatic rings. The molecule has 0 fully saturated rings. The molecule has 0 aromatic carbocycles. The van der Waals surface area contributed by atoms with Crippen LogP contribution in [0.15, 0.2) is 6.20 Å². The molecule has 0 aliphatic rings. The van der Waals surface area contributed by atoms with Crippen LogP contribution in [0.5, 0.6) is 0 Å². The van der Waals surface area contributed by atoms with Gasteiger partial charge in [0.05, 0.1) is 11.5 Å². The first-order valence-corrected chi connectivity index (χ1v) is 4.49. The Morgan fingerprint density at radius 3 is 2.80 bits per heavy atom. The minimum atomic E-state index is -0.767. The molecule has 1 aromatic heterocycles. The predicted octanol–water partition coefficient (Wildman–Crippen LogP) is 0.988. The summed E-state index contributed by atoms with van der Waals surface area (Å²) in [5.41, 5.74) is -0.570. The number of carbonyl (C=O) groups excluding carboxylic acids is 1. The molecule has 0 saturated heterocycles. The lowest BCUT2D eigenvalue weighted by atomic mass is 10.4. The van der Waals surface area contributed by atoms with Crippen molar-refractivity contribution in [3.05, 3.63) is 22.0 Å². The lowest BCUT2D eigenvalue weighted by Crippen LogP contribution is -2.08. The van der Waals surface area contributed by atoms with E-state index in [2.05, 4.69) is 9.84 Å². The summed E-state index contributed by atoms with van der Waals surface area (Å²) < 4.78 is 5.98. The van der Waals surface area contributed by atoms with E-state index in [1.54, 1.807) is 13.8 Å². The fraction of sp³-hybridized carbons (Fsp3) is 0.500. The van der Waals surface area contributed by atoms with Crippen LogP contribution in [0.3, 0.4) is 0 Å². The summed E-state index contributed by atoms with van der Waals surface area (Å²) in [7, 11) is 0. The third kappa shape index (κ3) is 2.30. The van der Waals surface area contributed by atoms with Gasteiger partial charge in [0, 0.05) is 6.54 Å². The Labute approximate surface area is 85.8 Å². The first kappa shape index (κ1) is 11.2. The van der Waals surface area contributed by atoms with Gasteiger partial charge in [0.2, 0.25) is 5.69 Å². The summed E-state index contributed by atoms with van der Waals surface area (Å²) >= 11 is 0. The van der Waals surface area contributed by atoms with Crippen LogP contribution in [0.2, 0.25) is 0 Å². The van der Waals surface area contributed by atoms with Gasteiger partial charge in [-0.1, -0.05) is 0 Å². The second-order valence-electron chi connectivity index (χ2n) is 2.70. The summed E-state index contributed by atoms with van der Waals surface area (Å²) in [6.07, 6.45) is 1.21. The molecule has 7 nitrogen and oxygen atoms in total. The standard InChI is InChI=1S/C8H11N3O4/c1-3-10-5-6(11(13)14)7(9-10)8(12)15-4-2/h5H,3-4H2,1-2H3. The quantitative estimate of drug-likeness (QED) is 0.422. The lowest BCUT2D eigenvalue weighted by molar-refractivity contribution is -0.385. The Balaban J connectivity index is 3.09. The van der Waals surface area contributed by atoms with Gasteiger partial charge >= 0.3 is 11.7 Å². The van der Waals surface area contributed by atoms with Gasteiger partial charge in [-0.15, -0.1) is 0 Å². The first-order valence-electron chi connectivity index (χ1n) is 4.49. The van der Waals surface area contributed by atoms with Gasteiger partial charge in [-0.2, -0.15) is 5.10 Å². The highest BCUT2D eigenvalue weighted by Crippen LogP contribution is 2.17. The van der Waals surface area contributed by atoms with Crippen LogP contribution in [0.1, 0.15) is 24.3 Å². The second kappa shape index (κ2) is 4.54. The van der Waals surface area contributed by atoms with E-state index in [1.807, 2.05) is 0 Å². The smallest absolute Gasteiger partial charge is 0.366 e. The van der Waals surface area contributed by atoms with Crippen LogP contribution < -0.4 is 0 Å². The molecule has 0 radical (unpaired) electrons. The van der Waals surface area contributed by atoms with Crippen LogP contribution in [0.4, 0.5) is 5.69 Å². The molecule has 82 valence electrons. The normalized spacial score (nSPS) is 10.0. The van der Waals surface area contributed by atoms with Crippen molar-refractivity contribution in [2.24, 2.45) is 0 Å². The van der Waals surface area contributed by atoms with Crippen molar-refractivity contribution in [2.75, 3.05) is 6.61 Å². The maximum absolute atomic E-state index is 11.3. The highest BCUT2D eigenvalue weighted by molar-refractivity contribution is 5.91. The number of ether oxygens (including phenoxy) is 1. The highest BCUT2D eigenvalue weighted by atomic mass is 16.6. The van der Waals surface area contributed by atoms with E-state index < -0.39 is 10.9 Å². The molecule has 0 spiro atoms. The minimum absolute atomic E-state index is 0.162. The predicted molar refractivity (Wildman–Crippen MR) is 50.5 cm³/mol. The summed E-state index contributed by atoms with van der Waals surface area (Å²) in [5.74, 6) is -0.767. The monoisotopic (exact) mass is 213 g/mol. The van der Waals surface area contributed by atoms with Crippen molar-refractivity contribution in [1.82, 2.24) is 9.78 Å². The van der Waals surface area contributed by atoms with Crippen molar-refractivity contribution in [1.29, 1.82) is 0 Å². The summed E-state index contributed by atoms with van der Waals surface area (Å²) in [4.78, 5) is 21.3. The van der Waals surface area contributed by atoms with E-state index in [0.29, 0.717) is 6.54 Å². The topological polar surface area (TPSA) is 87.3 Å². The van der Waals surface area contributed by atoms with Gasteiger partial charge in [-0.3, -0.25) is 14.8 Å². The average Bonchev–Trinajstić information content (AvgIpc) is 2.61. The fourth-order valence-electron chi connectivity index (χ4n) is 1.05. The van der Waals surface area contributed by atoms with Crippen LogP contribution in [-0.4, -0.2) is 27.3 Å². The number of hydrogen-bond donors (Lipinski definition) is 0. The van der Waals surface area contributed by atoms with Crippen LogP contribution in [0, 0.1) is 10.1 Å². The number of esters is 1. The van der Waals surface area contributed by atoms with E-state index in [1.165, 1.54) is 10.9 Å². The molecule has 0 unspecified atom stereocenters. The molecule has 1 heterocycles. The zero-order valence-corrected chi connectivity index (χ0v) is 8.47. The third-order valence-corrected chi connectivity index (χ3v) is 1.73. The molecule has 0 aliphatic carbocycles. The van der Waals surface area contributed by atoms with Gasteiger partial charge in [0.15, 0.2) is 0 Å². The summed E-state index contributed by atoms with van der Waals surface area (Å²) in [6.45, 7) is 4.02. The number of aryl methyl sites for hydroxylation is 1. The number of rotatable bonds is 4. The van der Waals surface area contributed by atoms with Crippen molar-refractivity contribution in [3.8, 4) is 0 Å². The summed E-state index contributed by atoms with van der Waals surface area (Å²) in [6, 6.07) is 0. The van der Waals surface area contributed by atoms with Crippen molar-refractivity contribution in [3.63, 3.8) is 0 Å². The average molecular weight is 213 g/mol. The molecular weight excluding hydrogens is 202 g/mol. The van der Waals surface area contributed by atoms with Gasteiger partial charge in [-0.05, 0) is 13.8 Å². The van der Waals surface area contributed by atoms with Crippen molar-refractivity contribution >= 4 is 11.7 Å². The largest absolute Gasteiger partial charge is 0.461 e. The zero-order valence-electron chi connectivity index (χ0n) is 8.47. The minimum Gasteiger partial charge on any atom is -0.461 e. The van der Waals surface area contributed by atoms with Crippen molar-refractivity contribution in [2.45, 2.75) is 20.4 Å². The maximum Gasteiger partial charge on any atom is 0.366 e. The van der Waals surface area contributed by atoms with E-state index in [4.69, 9.17) is 0 Å². The Morgan fingerprint density at radius 2 is 2.33 bits per heavy atom. The van der Waals surface area contributed by atoms with Gasteiger partial charge in [-0.25, -0.2) is 4.79 Å². The number of nitro groups is 1. The molecule has 0 atom stereocenters. The second-order valence-corrected chi connectivity index (χ2v) is 2.70. The van der Waals surface area contributed by atoms with Crippen LogP contribution in [-0.2, 0) is 11.3 Å². The maximum atomic E-state index is 11.3. The molecule has 0 saturated carbocycles. The molecule has 0 bridgehead atoms. The first-order chi connectivity index (χ1) is 7.10. The number of nitrogens with zero attached hydrogens (tertiary/aromatic N) is 3. The Kier molecular flexibility index (Phi) is 3.37. The van der Waals surface area contributed by atoms with Crippen LogP contribution >= 0.6 is 0 Å². The zero-order chi connectivity index (χ0) is 11.4. The highest BCUT2D eigenvalue weighted by Gasteiger charge is 2.26. The molecule has 1 rings (SSSR count). The SMILES string of the molecule is CCOC(=O)c1nn(CC)cc1[N+](=O)[O-]. The van der Waals surface area contributed by atoms with E-state index in [9.17, 15) is 14.9 Å². The molecule has 15 heavy (non-hydrogen) atoms. The molecule has 0 aliphatic heterocycles. The van der Waals surface area contributed by atoms with Crippen molar-refractivity contribution < 1.29 is 14.5 Å². The summed E-state index contributed by atoms with van der Waals surface area (Å²) in [5, 5.41) is 14.4. The van der Waals surface area contributed by atoms with Gasteiger partial charge < -0.3 is 4.74 Å². The Bertz CT molecular complexity index is 385. The Hall–Kier alpha value is -1.92. The third-order valence-electron chi connectivity index (χ3n) is 1.73. The van der Waals surface area contributed by atoms with E-state index >= 15 is 0 Å². The van der Waals surface area contributed by atoms with Gasteiger partial charge in [0.25, 0.3) is 0 Å². The van der Waals surface area contributed by atoms with Crippen LogP contribution in [0.25, 0.3) is 0 Å². The molecule has 7 heteroatoms. The van der Waals surface area contributed by atoms with E-state index in [0.717, 1.165) is 0 Å². The lowest BCUT2D eigenvalue weighted by Gasteiger charge is -1.96. The molecule has 0 N–H and O–H groups in total. The number of hydrogen-bond acceptors (Lipinski definition) is 5. The van der Waals surface area contributed by atoms with E-state index in [-0.39, 0.29) is 18.0 Å². The fourth-order valence-corrected chi connectivity index (χ4v) is 1.05. The van der Waals surface area contributed by atoms with Gasteiger partial charge in [0.1, 0.15) is 6.20 Å². The number of aromatic nitrogens is 2. The molecule has 0 amide bonds. The number of carbonyl (C=O) groups is 1. The molecular formula is C8H11N3O4.